The van der Waals surface area contributed by atoms with E-state index in [9.17, 15) is 0 Å². The molecule has 4 N–H and O–H groups in total. The lowest BCUT2D eigenvalue weighted by molar-refractivity contribution is 0.799. The third kappa shape index (κ3) is 2.85. The summed E-state index contributed by atoms with van der Waals surface area (Å²) in [5.74, 6) is 0.705. The number of hydrogen-bond acceptors (Lipinski definition) is 3. The summed E-state index contributed by atoms with van der Waals surface area (Å²) in [6, 6.07) is 0. The van der Waals surface area contributed by atoms with Crippen LogP contribution in [-0.2, 0) is 0 Å². The number of nitrogens with one attached hydrogen (secondary N) is 2. The van der Waals surface area contributed by atoms with Gasteiger partial charge in [0.15, 0.2) is 0 Å². The van der Waals surface area contributed by atoms with Gasteiger partial charge in [-0.05, 0) is 13.8 Å². The second-order valence-electron chi connectivity index (χ2n) is 1.82. The summed E-state index contributed by atoms with van der Waals surface area (Å²) in [5.41, 5.74) is 6.51. The Morgan fingerprint density at radius 2 is 2.11 bits per heavy atom. The fraction of sp³-hybridized carbons (Fsp3) is 0.667. The first-order valence-corrected chi connectivity index (χ1v) is 3.10. The van der Waals surface area contributed by atoms with Crippen molar-refractivity contribution >= 4 is 0 Å². The molecule has 0 aromatic heterocycles. The summed E-state index contributed by atoms with van der Waals surface area (Å²) in [4.78, 5) is 0. The molecule has 0 amide bonds. The van der Waals surface area contributed by atoms with Crippen LogP contribution in [0.2, 0.25) is 0 Å². The monoisotopic (exact) mass is 129 g/mol. The van der Waals surface area contributed by atoms with Crippen molar-refractivity contribution in [3.63, 3.8) is 0 Å². The Morgan fingerprint density at radius 3 is 2.44 bits per heavy atom. The van der Waals surface area contributed by atoms with E-state index >= 15 is 0 Å². The highest BCUT2D eigenvalue weighted by Gasteiger charge is 1.89. The summed E-state index contributed by atoms with van der Waals surface area (Å²) < 4.78 is 0. The Balaban J connectivity index is 3.78. The number of hydrogen-bond donors (Lipinski definition) is 3. The van der Waals surface area contributed by atoms with Crippen molar-refractivity contribution in [2.75, 3.05) is 13.6 Å². The quantitative estimate of drug-likeness (QED) is 0.501. The number of nitrogens with two attached hydrogens (primary N) is 1. The van der Waals surface area contributed by atoms with Gasteiger partial charge < -0.3 is 16.4 Å². The molecule has 0 aliphatic carbocycles. The second-order valence-corrected chi connectivity index (χ2v) is 1.82. The van der Waals surface area contributed by atoms with E-state index in [1.165, 1.54) is 0 Å². The molecular formula is C6H15N3. The van der Waals surface area contributed by atoms with Crippen LogP contribution in [0.25, 0.3) is 0 Å². The highest BCUT2D eigenvalue weighted by molar-refractivity contribution is 5.03. The van der Waals surface area contributed by atoms with Crippen LogP contribution in [0.4, 0.5) is 0 Å². The van der Waals surface area contributed by atoms with Crippen molar-refractivity contribution in [3.05, 3.63) is 11.5 Å². The lowest BCUT2D eigenvalue weighted by Crippen LogP contribution is -2.23. The normalized spacial score (nSPS) is 12.3. The Hall–Kier alpha value is -0.860. The van der Waals surface area contributed by atoms with Crippen molar-refractivity contribution in [1.82, 2.24) is 10.6 Å². The molecule has 0 aromatic carbocycles. The Bertz CT molecular complexity index is 107. The van der Waals surface area contributed by atoms with Crippen LogP contribution in [0.1, 0.15) is 13.8 Å². The summed E-state index contributed by atoms with van der Waals surface area (Å²) in [5, 5.41) is 5.93. The van der Waals surface area contributed by atoms with Gasteiger partial charge in [0.1, 0.15) is 5.82 Å². The predicted octanol–water partition coefficient (Wildman–Crippen LogP) is -0.0370. The predicted molar refractivity (Wildman–Crippen MR) is 39.6 cm³/mol. The molecule has 0 saturated carbocycles. The SMILES string of the molecule is CCN/C(C)=C(\N)NC. The number of rotatable bonds is 3. The molecule has 3 heteroatoms. The first kappa shape index (κ1) is 8.14. The lowest BCUT2D eigenvalue weighted by atomic mass is 10.4. The van der Waals surface area contributed by atoms with Gasteiger partial charge in [-0.1, -0.05) is 0 Å². The number of allylic oxidation sites excluding steroid dienone is 1. The van der Waals surface area contributed by atoms with Gasteiger partial charge in [0.25, 0.3) is 0 Å². The lowest BCUT2D eigenvalue weighted by Gasteiger charge is -2.06. The van der Waals surface area contributed by atoms with E-state index in [4.69, 9.17) is 5.73 Å². The average molecular weight is 129 g/mol. The van der Waals surface area contributed by atoms with Crippen LogP contribution < -0.4 is 16.4 Å². The second kappa shape index (κ2) is 4.06. The fourth-order valence-electron chi connectivity index (χ4n) is 0.548. The molecule has 3 nitrogen and oxygen atoms in total. The van der Waals surface area contributed by atoms with E-state index in [1.54, 1.807) is 7.05 Å². The van der Waals surface area contributed by atoms with Gasteiger partial charge in [0, 0.05) is 19.3 Å². The fourth-order valence-corrected chi connectivity index (χ4v) is 0.548. The van der Waals surface area contributed by atoms with Gasteiger partial charge in [0.05, 0.1) is 0 Å². The van der Waals surface area contributed by atoms with E-state index in [2.05, 4.69) is 10.6 Å². The van der Waals surface area contributed by atoms with Crippen molar-refractivity contribution in [2.24, 2.45) is 5.73 Å². The first-order chi connectivity index (χ1) is 4.22. The maximum absolute atomic E-state index is 5.51. The third-order valence-corrected chi connectivity index (χ3v) is 1.12. The van der Waals surface area contributed by atoms with Crippen LogP contribution in [-0.4, -0.2) is 13.6 Å². The maximum Gasteiger partial charge on any atom is 0.115 e. The molecule has 0 radical (unpaired) electrons. The standard InChI is InChI=1S/C6H15N3/c1-4-9-5(2)6(7)8-3/h8-9H,4,7H2,1-3H3/b6-5+. The van der Waals surface area contributed by atoms with Gasteiger partial charge in [-0.25, -0.2) is 0 Å². The van der Waals surface area contributed by atoms with Crippen LogP contribution in [0.3, 0.4) is 0 Å². The smallest absolute Gasteiger partial charge is 0.115 e. The minimum atomic E-state index is 0.705. The minimum Gasteiger partial charge on any atom is -0.386 e. The van der Waals surface area contributed by atoms with Crippen LogP contribution in [0.15, 0.2) is 11.5 Å². The van der Waals surface area contributed by atoms with E-state index in [1.807, 2.05) is 13.8 Å². The van der Waals surface area contributed by atoms with Gasteiger partial charge in [0.2, 0.25) is 0 Å². The first-order valence-electron chi connectivity index (χ1n) is 3.10. The van der Waals surface area contributed by atoms with Crippen molar-refractivity contribution in [2.45, 2.75) is 13.8 Å². The molecule has 0 unspecified atom stereocenters. The summed E-state index contributed by atoms with van der Waals surface area (Å²) in [6.45, 7) is 4.88. The largest absolute Gasteiger partial charge is 0.386 e. The Labute approximate surface area is 56.3 Å². The third-order valence-electron chi connectivity index (χ3n) is 1.12. The van der Waals surface area contributed by atoms with E-state index in [0.717, 1.165) is 12.2 Å². The minimum absolute atomic E-state index is 0.705. The van der Waals surface area contributed by atoms with E-state index in [-0.39, 0.29) is 0 Å². The van der Waals surface area contributed by atoms with Crippen molar-refractivity contribution in [3.8, 4) is 0 Å². The highest BCUT2D eigenvalue weighted by Crippen LogP contribution is 1.85. The molecule has 9 heavy (non-hydrogen) atoms. The summed E-state index contributed by atoms with van der Waals surface area (Å²) >= 11 is 0. The van der Waals surface area contributed by atoms with Gasteiger partial charge in [-0.3, -0.25) is 0 Å². The van der Waals surface area contributed by atoms with Crippen molar-refractivity contribution in [1.29, 1.82) is 0 Å². The Morgan fingerprint density at radius 1 is 1.56 bits per heavy atom. The van der Waals surface area contributed by atoms with Crippen LogP contribution in [0.5, 0.6) is 0 Å². The van der Waals surface area contributed by atoms with Crippen LogP contribution >= 0.6 is 0 Å². The molecule has 0 bridgehead atoms. The highest BCUT2D eigenvalue weighted by atomic mass is 15.0. The van der Waals surface area contributed by atoms with Gasteiger partial charge in [-0.15, -0.1) is 0 Å². The Kier molecular flexibility index (Phi) is 3.67. The topological polar surface area (TPSA) is 50.1 Å². The molecule has 0 saturated heterocycles. The molecular weight excluding hydrogens is 114 g/mol. The summed E-state index contributed by atoms with van der Waals surface area (Å²) in [6.07, 6.45) is 0. The molecule has 54 valence electrons. The van der Waals surface area contributed by atoms with Gasteiger partial charge in [-0.2, -0.15) is 0 Å². The molecule has 0 fully saturated rings. The van der Waals surface area contributed by atoms with Gasteiger partial charge >= 0.3 is 0 Å². The molecule has 0 aliphatic rings. The molecule has 0 heterocycles. The maximum atomic E-state index is 5.51. The zero-order valence-corrected chi connectivity index (χ0v) is 6.28. The van der Waals surface area contributed by atoms with E-state index in [0.29, 0.717) is 5.82 Å². The van der Waals surface area contributed by atoms with E-state index < -0.39 is 0 Å². The molecule has 0 aliphatic heterocycles. The zero-order chi connectivity index (χ0) is 7.28. The summed E-state index contributed by atoms with van der Waals surface area (Å²) in [7, 11) is 1.80. The molecule has 0 rings (SSSR count). The molecule has 0 atom stereocenters. The molecule has 0 aromatic rings. The molecule has 0 spiro atoms. The average Bonchev–Trinajstić information content (AvgIpc) is 1.87. The van der Waals surface area contributed by atoms with Crippen LogP contribution in [0, 0.1) is 0 Å². The zero-order valence-electron chi connectivity index (χ0n) is 6.28. The van der Waals surface area contributed by atoms with Crippen molar-refractivity contribution < 1.29 is 0 Å².